The van der Waals surface area contributed by atoms with E-state index in [-0.39, 0.29) is 36.4 Å². The SMILES string of the molecule is CN=C(NCC(=O)N1CCN(c2ccccc2)CC1)N(C)CCOCC1CC1.I. The minimum absolute atomic E-state index is 0. The summed E-state index contributed by atoms with van der Waals surface area (Å²) in [6, 6.07) is 10.4. The third kappa shape index (κ3) is 7.65. The smallest absolute Gasteiger partial charge is 0.242 e. The van der Waals surface area contributed by atoms with Gasteiger partial charge in [-0.3, -0.25) is 9.79 Å². The number of carbonyl (C=O) groups is 1. The maximum atomic E-state index is 12.6. The summed E-state index contributed by atoms with van der Waals surface area (Å²) in [7, 11) is 3.71. The second-order valence-electron chi connectivity index (χ2n) is 7.54. The third-order valence-electron chi connectivity index (χ3n) is 5.35. The van der Waals surface area contributed by atoms with Crippen molar-refractivity contribution < 1.29 is 9.53 Å². The molecule has 0 aromatic heterocycles. The van der Waals surface area contributed by atoms with Gasteiger partial charge in [0.15, 0.2) is 5.96 Å². The predicted octanol–water partition coefficient (Wildman–Crippen LogP) is 1.89. The van der Waals surface area contributed by atoms with E-state index in [4.69, 9.17) is 4.74 Å². The summed E-state index contributed by atoms with van der Waals surface area (Å²) in [5.41, 5.74) is 1.22. The van der Waals surface area contributed by atoms with Crippen molar-refractivity contribution in [2.75, 3.05) is 71.5 Å². The fourth-order valence-corrected chi connectivity index (χ4v) is 3.35. The van der Waals surface area contributed by atoms with E-state index >= 15 is 0 Å². The molecule has 1 aromatic rings. The Hall–Kier alpha value is -1.55. The van der Waals surface area contributed by atoms with Gasteiger partial charge in [0.2, 0.25) is 5.91 Å². The van der Waals surface area contributed by atoms with Gasteiger partial charge in [-0.1, -0.05) is 18.2 Å². The van der Waals surface area contributed by atoms with Gasteiger partial charge in [0, 0.05) is 59.1 Å². The van der Waals surface area contributed by atoms with Crippen LogP contribution in [0.3, 0.4) is 0 Å². The van der Waals surface area contributed by atoms with Crippen LogP contribution in [0.5, 0.6) is 0 Å². The lowest BCUT2D eigenvalue weighted by atomic mass is 10.2. The first-order valence-electron chi connectivity index (χ1n) is 10.2. The lowest BCUT2D eigenvalue weighted by Gasteiger charge is -2.36. The Morgan fingerprint density at radius 3 is 2.52 bits per heavy atom. The van der Waals surface area contributed by atoms with Gasteiger partial charge in [-0.2, -0.15) is 0 Å². The molecule has 2 fully saturated rings. The number of likely N-dealkylation sites (N-methyl/N-ethyl adjacent to an activating group) is 1. The van der Waals surface area contributed by atoms with Gasteiger partial charge in [-0.15, -0.1) is 24.0 Å². The summed E-state index contributed by atoms with van der Waals surface area (Å²) in [6.45, 7) is 5.81. The molecule has 29 heavy (non-hydrogen) atoms. The minimum atomic E-state index is 0. The first-order chi connectivity index (χ1) is 13.7. The highest BCUT2D eigenvalue weighted by atomic mass is 127. The summed E-state index contributed by atoms with van der Waals surface area (Å²) in [4.78, 5) is 23.1. The fourth-order valence-electron chi connectivity index (χ4n) is 3.35. The standard InChI is InChI=1S/C21H33N5O2.HI/c1-22-21(24(2)14-15-28-17-18-8-9-18)23-16-20(27)26-12-10-25(11-13-26)19-6-4-3-5-7-19;/h3-7,18H,8-17H2,1-2H3,(H,22,23);1H. The molecule has 0 atom stereocenters. The highest BCUT2D eigenvalue weighted by molar-refractivity contribution is 14.0. The summed E-state index contributed by atoms with van der Waals surface area (Å²) in [5.74, 6) is 1.63. The van der Waals surface area contributed by atoms with Gasteiger partial charge < -0.3 is 24.8 Å². The second-order valence-corrected chi connectivity index (χ2v) is 7.54. The quantitative estimate of drug-likeness (QED) is 0.248. The Kier molecular flexibility index (Phi) is 9.99. The van der Waals surface area contributed by atoms with Crippen LogP contribution in [0.15, 0.2) is 35.3 Å². The number of para-hydroxylation sites is 1. The molecule has 0 unspecified atom stereocenters. The molecule has 2 aliphatic rings. The lowest BCUT2D eigenvalue weighted by molar-refractivity contribution is -0.130. The van der Waals surface area contributed by atoms with Gasteiger partial charge in [-0.05, 0) is 30.9 Å². The molecule has 3 rings (SSSR count). The molecule has 0 spiro atoms. The predicted molar refractivity (Wildman–Crippen MR) is 128 cm³/mol. The van der Waals surface area contributed by atoms with Crippen LogP contribution in [0.2, 0.25) is 0 Å². The maximum Gasteiger partial charge on any atom is 0.242 e. The number of benzene rings is 1. The Morgan fingerprint density at radius 1 is 1.21 bits per heavy atom. The highest BCUT2D eigenvalue weighted by Gasteiger charge is 2.22. The Bertz CT molecular complexity index is 646. The number of anilines is 1. The molecule has 1 aromatic carbocycles. The highest BCUT2D eigenvalue weighted by Crippen LogP contribution is 2.28. The zero-order valence-electron chi connectivity index (χ0n) is 17.5. The van der Waals surface area contributed by atoms with E-state index < -0.39 is 0 Å². The van der Waals surface area contributed by atoms with Crippen LogP contribution >= 0.6 is 24.0 Å². The monoisotopic (exact) mass is 515 g/mol. The number of hydrogen-bond donors (Lipinski definition) is 1. The average molecular weight is 515 g/mol. The van der Waals surface area contributed by atoms with Gasteiger partial charge in [0.05, 0.1) is 13.2 Å². The minimum Gasteiger partial charge on any atom is -0.379 e. The topological polar surface area (TPSA) is 60.4 Å². The number of halogens is 1. The number of hydrogen-bond acceptors (Lipinski definition) is 4. The molecule has 1 aliphatic heterocycles. The zero-order valence-corrected chi connectivity index (χ0v) is 19.9. The molecular weight excluding hydrogens is 481 g/mol. The average Bonchev–Trinajstić information content (AvgIpc) is 3.57. The molecule has 1 heterocycles. The van der Waals surface area contributed by atoms with Crippen LogP contribution in [0.25, 0.3) is 0 Å². The fraction of sp³-hybridized carbons (Fsp3) is 0.619. The number of nitrogens with one attached hydrogen (secondary N) is 1. The van der Waals surface area contributed by atoms with E-state index in [1.54, 1.807) is 7.05 Å². The van der Waals surface area contributed by atoms with E-state index in [0.717, 1.165) is 51.2 Å². The first kappa shape index (κ1) is 23.7. The van der Waals surface area contributed by atoms with Crippen molar-refractivity contribution in [3.8, 4) is 0 Å². The van der Waals surface area contributed by atoms with Gasteiger partial charge >= 0.3 is 0 Å². The Labute approximate surface area is 191 Å². The van der Waals surface area contributed by atoms with Crippen molar-refractivity contribution in [3.63, 3.8) is 0 Å². The van der Waals surface area contributed by atoms with Gasteiger partial charge in [0.25, 0.3) is 0 Å². The van der Waals surface area contributed by atoms with Gasteiger partial charge in [-0.25, -0.2) is 0 Å². The molecule has 162 valence electrons. The molecule has 7 nitrogen and oxygen atoms in total. The van der Waals surface area contributed by atoms with Crippen molar-refractivity contribution in [2.45, 2.75) is 12.8 Å². The molecule has 1 N–H and O–H groups in total. The van der Waals surface area contributed by atoms with Gasteiger partial charge in [0.1, 0.15) is 0 Å². The molecular formula is C21H34IN5O2. The third-order valence-corrected chi connectivity index (χ3v) is 5.35. The molecule has 1 saturated heterocycles. The molecule has 0 radical (unpaired) electrons. The molecule has 1 amide bonds. The number of carbonyl (C=O) groups excluding carboxylic acids is 1. The summed E-state index contributed by atoms with van der Waals surface area (Å²) in [5, 5.41) is 3.19. The van der Waals surface area contributed by atoms with Crippen molar-refractivity contribution in [1.82, 2.24) is 15.1 Å². The molecule has 1 saturated carbocycles. The number of aliphatic imine (C=N–C) groups is 1. The largest absolute Gasteiger partial charge is 0.379 e. The zero-order chi connectivity index (χ0) is 19.8. The summed E-state index contributed by atoms with van der Waals surface area (Å²) in [6.07, 6.45) is 2.61. The van der Waals surface area contributed by atoms with E-state index in [0.29, 0.717) is 6.61 Å². The molecule has 1 aliphatic carbocycles. The molecule has 8 heteroatoms. The van der Waals surface area contributed by atoms with Crippen LogP contribution in [-0.4, -0.2) is 88.2 Å². The van der Waals surface area contributed by atoms with Crippen molar-refractivity contribution >= 4 is 41.5 Å². The number of guanidine groups is 1. The second kappa shape index (κ2) is 12.2. The number of piperazine rings is 1. The Morgan fingerprint density at radius 2 is 1.90 bits per heavy atom. The summed E-state index contributed by atoms with van der Waals surface area (Å²) >= 11 is 0. The normalized spacial score (nSPS) is 17.0. The number of amides is 1. The van der Waals surface area contributed by atoms with E-state index in [2.05, 4.69) is 39.5 Å². The van der Waals surface area contributed by atoms with Crippen LogP contribution in [0.1, 0.15) is 12.8 Å². The van der Waals surface area contributed by atoms with Crippen molar-refractivity contribution in [2.24, 2.45) is 10.9 Å². The maximum absolute atomic E-state index is 12.6. The van der Waals surface area contributed by atoms with E-state index in [1.165, 1.54) is 18.5 Å². The van der Waals surface area contributed by atoms with Crippen LogP contribution in [0.4, 0.5) is 5.69 Å². The van der Waals surface area contributed by atoms with Crippen molar-refractivity contribution in [1.29, 1.82) is 0 Å². The van der Waals surface area contributed by atoms with Crippen LogP contribution < -0.4 is 10.2 Å². The number of ether oxygens (including phenoxy) is 1. The van der Waals surface area contributed by atoms with Crippen molar-refractivity contribution in [3.05, 3.63) is 30.3 Å². The van der Waals surface area contributed by atoms with E-state index in [1.807, 2.05) is 22.9 Å². The molecule has 0 bridgehead atoms. The van der Waals surface area contributed by atoms with Crippen LogP contribution in [0, 0.1) is 5.92 Å². The van der Waals surface area contributed by atoms with Crippen LogP contribution in [-0.2, 0) is 9.53 Å². The first-order valence-corrected chi connectivity index (χ1v) is 10.2. The number of nitrogens with zero attached hydrogens (tertiary/aromatic N) is 4. The lowest BCUT2D eigenvalue weighted by Crippen LogP contribution is -2.52. The van der Waals surface area contributed by atoms with E-state index in [9.17, 15) is 4.79 Å². The summed E-state index contributed by atoms with van der Waals surface area (Å²) < 4.78 is 5.69. The number of rotatable bonds is 8. The Balaban J connectivity index is 0.00000300.